The lowest BCUT2D eigenvalue weighted by molar-refractivity contribution is -0.116. The fourth-order valence-electron chi connectivity index (χ4n) is 3.65. The van der Waals surface area contributed by atoms with Crippen LogP contribution in [0.2, 0.25) is 0 Å². The maximum Gasteiger partial charge on any atom is 0.244 e. The van der Waals surface area contributed by atoms with Crippen LogP contribution in [0.25, 0.3) is 38.9 Å². The number of rotatable bonds is 6. The largest absolute Gasteiger partial charge is 0.463 e. The number of amides is 1. The van der Waals surface area contributed by atoms with Gasteiger partial charge in [0, 0.05) is 29.1 Å². The molecule has 6 heteroatoms. The Morgan fingerprint density at radius 3 is 2.54 bits per heavy atom. The minimum absolute atomic E-state index is 0.167. The molecule has 1 amide bonds. The maximum absolute atomic E-state index is 12.5. The van der Waals surface area contributed by atoms with Gasteiger partial charge in [0.15, 0.2) is 5.43 Å². The average Bonchev–Trinajstić information content (AvgIpc) is 3.38. The van der Waals surface area contributed by atoms with E-state index in [1.54, 1.807) is 35.6 Å². The summed E-state index contributed by atoms with van der Waals surface area (Å²) < 4.78 is 5.48. The van der Waals surface area contributed by atoms with Gasteiger partial charge in [0.05, 0.1) is 16.6 Å². The van der Waals surface area contributed by atoms with Gasteiger partial charge in [-0.15, -0.1) is 11.3 Å². The SMILES string of the molecule is Cc1ccc(-c2csc(-c3ccc(CNC(=O)/C=C/c4coc5ccccc5c4=O)cc3)n2)cc1. The number of nitrogens with one attached hydrogen (secondary N) is 1. The molecule has 0 atom stereocenters. The highest BCUT2D eigenvalue weighted by Crippen LogP contribution is 2.29. The van der Waals surface area contributed by atoms with Crippen molar-refractivity contribution in [1.82, 2.24) is 10.3 Å². The molecule has 0 radical (unpaired) electrons. The smallest absolute Gasteiger partial charge is 0.244 e. The van der Waals surface area contributed by atoms with Crippen molar-refractivity contribution < 1.29 is 9.21 Å². The molecule has 3 aromatic carbocycles. The Morgan fingerprint density at radius 1 is 1.00 bits per heavy atom. The van der Waals surface area contributed by atoms with Crippen molar-refractivity contribution in [3.63, 3.8) is 0 Å². The van der Waals surface area contributed by atoms with Gasteiger partial charge in [-0.05, 0) is 30.7 Å². The second kappa shape index (κ2) is 9.91. The van der Waals surface area contributed by atoms with Crippen LogP contribution >= 0.6 is 11.3 Å². The molecule has 0 aliphatic heterocycles. The van der Waals surface area contributed by atoms with E-state index in [1.165, 1.54) is 24.0 Å². The number of nitrogens with zero attached hydrogens (tertiary/aromatic N) is 1. The van der Waals surface area contributed by atoms with Gasteiger partial charge < -0.3 is 9.73 Å². The predicted molar refractivity (Wildman–Crippen MR) is 141 cm³/mol. The minimum Gasteiger partial charge on any atom is -0.463 e. The van der Waals surface area contributed by atoms with Gasteiger partial charge in [-0.25, -0.2) is 4.98 Å². The first-order valence-corrected chi connectivity index (χ1v) is 12.0. The molecule has 0 bridgehead atoms. The van der Waals surface area contributed by atoms with E-state index < -0.39 is 0 Å². The fourth-order valence-corrected chi connectivity index (χ4v) is 4.49. The van der Waals surface area contributed by atoms with Crippen molar-refractivity contribution in [3.05, 3.63) is 117 Å². The molecule has 0 aliphatic carbocycles. The van der Waals surface area contributed by atoms with Crippen molar-refractivity contribution in [2.24, 2.45) is 0 Å². The third kappa shape index (κ3) is 5.13. The van der Waals surface area contributed by atoms with E-state index in [1.807, 2.05) is 24.3 Å². The summed E-state index contributed by atoms with van der Waals surface area (Å²) >= 11 is 1.61. The molecule has 2 heterocycles. The fraction of sp³-hybridized carbons (Fsp3) is 0.0690. The zero-order valence-electron chi connectivity index (χ0n) is 19.0. The normalized spacial score (nSPS) is 11.2. The zero-order chi connectivity index (χ0) is 24.2. The van der Waals surface area contributed by atoms with Crippen LogP contribution in [0.3, 0.4) is 0 Å². The number of benzene rings is 3. The molecule has 35 heavy (non-hydrogen) atoms. The first-order chi connectivity index (χ1) is 17.1. The van der Waals surface area contributed by atoms with Crippen molar-refractivity contribution in [1.29, 1.82) is 0 Å². The van der Waals surface area contributed by atoms with Gasteiger partial charge >= 0.3 is 0 Å². The first kappa shape index (κ1) is 22.5. The van der Waals surface area contributed by atoms with Crippen molar-refractivity contribution in [2.75, 3.05) is 0 Å². The average molecular weight is 479 g/mol. The van der Waals surface area contributed by atoms with Crippen LogP contribution in [-0.4, -0.2) is 10.9 Å². The predicted octanol–water partition coefficient (Wildman–Crippen LogP) is 6.22. The number of carbonyl (C=O) groups excluding carboxylic acids is 1. The molecule has 0 spiro atoms. The second-order valence-electron chi connectivity index (χ2n) is 8.17. The molecule has 5 rings (SSSR count). The van der Waals surface area contributed by atoms with Gasteiger partial charge in [0.1, 0.15) is 16.9 Å². The number of para-hydroxylation sites is 1. The van der Waals surface area contributed by atoms with Gasteiger partial charge in [0.25, 0.3) is 0 Å². The van der Waals surface area contributed by atoms with E-state index in [0.29, 0.717) is 23.1 Å². The Labute approximate surface area is 206 Å². The van der Waals surface area contributed by atoms with Crippen LogP contribution in [-0.2, 0) is 11.3 Å². The number of hydrogen-bond acceptors (Lipinski definition) is 5. The Bertz CT molecular complexity index is 1580. The van der Waals surface area contributed by atoms with E-state index in [9.17, 15) is 9.59 Å². The van der Waals surface area contributed by atoms with E-state index in [4.69, 9.17) is 9.40 Å². The van der Waals surface area contributed by atoms with Crippen LogP contribution in [0, 0.1) is 6.92 Å². The molecule has 1 N–H and O–H groups in total. The lowest BCUT2D eigenvalue weighted by atomic mass is 10.1. The van der Waals surface area contributed by atoms with E-state index in [-0.39, 0.29) is 11.3 Å². The summed E-state index contributed by atoms with van der Waals surface area (Å²) in [5.41, 5.74) is 5.98. The van der Waals surface area contributed by atoms with Gasteiger partial charge in [0.2, 0.25) is 5.91 Å². The minimum atomic E-state index is -0.288. The Hall–Kier alpha value is -4.29. The first-order valence-electron chi connectivity index (χ1n) is 11.2. The van der Waals surface area contributed by atoms with Crippen molar-refractivity contribution >= 4 is 34.3 Å². The summed E-state index contributed by atoms with van der Waals surface area (Å²) in [4.78, 5) is 29.6. The van der Waals surface area contributed by atoms with Crippen LogP contribution in [0.4, 0.5) is 0 Å². The number of hydrogen-bond donors (Lipinski definition) is 1. The standard InChI is InChI=1S/C29H22N2O3S/c1-19-6-10-21(11-7-19)25-18-35-29(31-25)22-12-8-20(9-13-22)16-30-27(32)15-14-23-17-34-26-5-3-2-4-24(26)28(23)33/h2-15,17-18H,16H2,1H3,(H,30,32)/b15-14+. The molecule has 5 aromatic rings. The zero-order valence-corrected chi connectivity index (χ0v) is 19.8. The summed E-state index contributed by atoms with van der Waals surface area (Å²) in [6.07, 6.45) is 4.19. The highest BCUT2D eigenvalue weighted by Gasteiger charge is 2.08. The summed E-state index contributed by atoms with van der Waals surface area (Å²) in [7, 11) is 0. The molecule has 2 aromatic heterocycles. The van der Waals surface area contributed by atoms with Crippen LogP contribution in [0.5, 0.6) is 0 Å². The summed E-state index contributed by atoms with van der Waals surface area (Å²) in [5, 5.41) is 6.35. The van der Waals surface area contributed by atoms with E-state index in [0.717, 1.165) is 27.4 Å². The van der Waals surface area contributed by atoms with E-state index >= 15 is 0 Å². The number of thiazole rings is 1. The molecule has 0 fully saturated rings. The number of aromatic nitrogens is 1. The van der Waals surface area contributed by atoms with Crippen LogP contribution in [0.15, 0.2) is 99.7 Å². The maximum atomic E-state index is 12.5. The van der Waals surface area contributed by atoms with Crippen molar-refractivity contribution in [2.45, 2.75) is 13.5 Å². The third-order valence-corrected chi connectivity index (χ3v) is 6.53. The number of aryl methyl sites for hydroxylation is 1. The van der Waals surface area contributed by atoms with Gasteiger partial charge in [-0.3, -0.25) is 9.59 Å². The van der Waals surface area contributed by atoms with Gasteiger partial charge in [-0.1, -0.05) is 66.2 Å². The van der Waals surface area contributed by atoms with E-state index in [2.05, 4.69) is 41.9 Å². The van der Waals surface area contributed by atoms with Crippen LogP contribution < -0.4 is 10.7 Å². The molecule has 5 nitrogen and oxygen atoms in total. The topological polar surface area (TPSA) is 72.2 Å². The van der Waals surface area contributed by atoms with Crippen molar-refractivity contribution in [3.8, 4) is 21.8 Å². The summed E-state index contributed by atoms with van der Waals surface area (Å²) in [6.45, 7) is 2.45. The highest BCUT2D eigenvalue weighted by molar-refractivity contribution is 7.13. The van der Waals surface area contributed by atoms with Crippen LogP contribution in [0.1, 0.15) is 16.7 Å². The molecule has 0 saturated carbocycles. The lowest BCUT2D eigenvalue weighted by Crippen LogP contribution is -2.20. The highest BCUT2D eigenvalue weighted by atomic mass is 32.1. The Balaban J connectivity index is 1.20. The summed E-state index contributed by atoms with van der Waals surface area (Å²) in [5.74, 6) is -0.288. The Kier molecular flexibility index (Phi) is 6.37. The molecular formula is C29H22N2O3S. The molecule has 0 aliphatic rings. The molecular weight excluding hydrogens is 456 g/mol. The third-order valence-electron chi connectivity index (χ3n) is 5.64. The Morgan fingerprint density at radius 2 is 1.74 bits per heavy atom. The monoisotopic (exact) mass is 478 g/mol. The number of carbonyl (C=O) groups is 1. The molecule has 0 saturated heterocycles. The number of fused-ring (bicyclic) bond motifs is 1. The quantitative estimate of drug-likeness (QED) is 0.294. The summed E-state index contributed by atoms with van der Waals surface area (Å²) in [6, 6.07) is 23.3. The van der Waals surface area contributed by atoms with Gasteiger partial charge in [-0.2, -0.15) is 0 Å². The molecule has 172 valence electrons. The molecule has 0 unspecified atom stereocenters. The second-order valence-corrected chi connectivity index (χ2v) is 9.03. The lowest BCUT2D eigenvalue weighted by Gasteiger charge is -2.04.